The number of halogens is 3. The Hall–Kier alpha value is -1.26. The van der Waals surface area contributed by atoms with Crippen LogP contribution in [0.5, 0.6) is 0 Å². The maximum atomic E-state index is 12.2. The van der Waals surface area contributed by atoms with Gasteiger partial charge in [-0.3, -0.25) is 4.79 Å². The Morgan fingerprint density at radius 2 is 1.77 bits per heavy atom. The van der Waals surface area contributed by atoms with Crippen LogP contribution in [-0.4, -0.2) is 45.7 Å². The van der Waals surface area contributed by atoms with Crippen molar-refractivity contribution in [2.24, 2.45) is 22.2 Å². The highest BCUT2D eigenvalue weighted by molar-refractivity contribution is 7.90. The minimum atomic E-state index is -3.59. The first-order chi connectivity index (χ1) is 11.1. The third-order valence-corrected chi connectivity index (χ3v) is 5.23. The van der Waals surface area contributed by atoms with Gasteiger partial charge in [0, 0.05) is 25.4 Å². The normalized spacial score (nSPS) is 14.8. The van der Waals surface area contributed by atoms with Crippen LogP contribution < -0.4 is 22.1 Å². The first kappa shape index (κ1) is 24.7. The quantitative estimate of drug-likeness (QED) is 0.462. The van der Waals surface area contributed by atoms with Gasteiger partial charge in [-0.15, -0.1) is 24.8 Å². The molecule has 0 aliphatic carbocycles. The van der Waals surface area contributed by atoms with Gasteiger partial charge < -0.3 is 22.1 Å². The lowest BCUT2D eigenvalue weighted by atomic mass is 10.0. The van der Waals surface area contributed by atoms with E-state index >= 15 is 0 Å². The molecule has 0 unspecified atom stereocenters. The standard InChI is InChI=1S/C14H20ClN5O3S.2ClH/c1-24(22,23)12-6-9(13(21)19-14(17)18)10(15)7-11(12)20-4-2-8(16)3-5-20;;/h6-8H,2-5,16H2,1H3,(H4,17,18,19,21);2*1H. The topological polar surface area (TPSA) is 145 Å². The number of rotatable bonds is 3. The molecule has 6 N–H and O–H groups in total. The third kappa shape index (κ3) is 5.88. The minimum Gasteiger partial charge on any atom is -0.370 e. The van der Waals surface area contributed by atoms with E-state index in [4.69, 9.17) is 28.8 Å². The number of amides is 1. The van der Waals surface area contributed by atoms with Gasteiger partial charge in [0.25, 0.3) is 5.91 Å². The lowest BCUT2D eigenvalue weighted by Crippen LogP contribution is -2.40. The lowest BCUT2D eigenvalue weighted by Gasteiger charge is -2.33. The first-order valence-electron chi connectivity index (χ1n) is 7.27. The van der Waals surface area contributed by atoms with E-state index in [2.05, 4.69) is 4.99 Å². The van der Waals surface area contributed by atoms with Crippen molar-refractivity contribution in [3.05, 3.63) is 22.7 Å². The Labute approximate surface area is 169 Å². The van der Waals surface area contributed by atoms with Crippen molar-refractivity contribution in [3.63, 3.8) is 0 Å². The van der Waals surface area contributed by atoms with Crippen molar-refractivity contribution < 1.29 is 13.2 Å². The monoisotopic (exact) mass is 445 g/mol. The van der Waals surface area contributed by atoms with E-state index in [1.165, 1.54) is 12.1 Å². The van der Waals surface area contributed by atoms with Crippen LogP contribution in [0.2, 0.25) is 5.02 Å². The molecule has 1 aliphatic heterocycles. The molecule has 1 aromatic carbocycles. The van der Waals surface area contributed by atoms with Crippen LogP contribution >= 0.6 is 36.4 Å². The third-order valence-electron chi connectivity index (χ3n) is 3.79. The van der Waals surface area contributed by atoms with E-state index in [9.17, 15) is 13.2 Å². The van der Waals surface area contributed by atoms with Crippen LogP contribution in [0.4, 0.5) is 5.69 Å². The lowest BCUT2D eigenvalue weighted by molar-refractivity contribution is 0.100. The average molecular weight is 447 g/mol. The summed E-state index contributed by atoms with van der Waals surface area (Å²) < 4.78 is 24.4. The van der Waals surface area contributed by atoms with Crippen LogP contribution in [0.1, 0.15) is 23.2 Å². The SMILES string of the molecule is CS(=O)(=O)c1cc(C(=O)N=C(N)N)c(Cl)cc1N1CCC(N)CC1.Cl.Cl. The molecule has 0 spiro atoms. The fraction of sp³-hybridized carbons (Fsp3) is 0.429. The van der Waals surface area contributed by atoms with Crippen molar-refractivity contribution in [2.75, 3.05) is 24.2 Å². The highest BCUT2D eigenvalue weighted by Crippen LogP contribution is 2.33. The number of sulfone groups is 1. The first-order valence-corrected chi connectivity index (χ1v) is 9.54. The number of aliphatic imine (C=N–C) groups is 1. The molecule has 8 nitrogen and oxygen atoms in total. The van der Waals surface area contributed by atoms with Crippen LogP contribution in [0.15, 0.2) is 22.0 Å². The number of hydrogen-bond acceptors (Lipinski definition) is 5. The second-order valence-corrected chi connectivity index (χ2v) is 8.13. The zero-order valence-electron chi connectivity index (χ0n) is 14.0. The van der Waals surface area contributed by atoms with Gasteiger partial charge in [-0.1, -0.05) is 11.6 Å². The molecule has 26 heavy (non-hydrogen) atoms. The number of carbonyl (C=O) groups excluding carboxylic acids is 1. The molecule has 12 heteroatoms. The number of guanidine groups is 1. The van der Waals surface area contributed by atoms with E-state index in [0.717, 1.165) is 19.1 Å². The molecule has 1 heterocycles. The Bertz CT molecular complexity index is 789. The summed E-state index contributed by atoms with van der Waals surface area (Å²) in [7, 11) is -3.59. The van der Waals surface area contributed by atoms with Gasteiger partial charge in [0.1, 0.15) is 0 Å². The Balaban J connectivity index is 0.00000312. The van der Waals surface area contributed by atoms with Crippen LogP contribution in [-0.2, 0) is 9.84 Å². The summed E-state index contributed by atoms with van der Waals surface area (Å²) in [6.07, 6.45) is 2.56. The molecule has 1 amide bonds. The fourth-order valence-corrected chi connectivity index (χ4v) is 3.71. The molecule has 2 rings (SSSR count). The maximum absolute atomic E-state index is 12.2. The Kier molecular flexibility index (Phi) is 9.14. The molecule has 1 fully saturated rings. The molecular formula is C14H22Cl3N5O3S. The largest absolute Gasteiger partial charge is 0.370 e. The summed E-state index contributed by atoms with van der Waals surface area (Å²) in [6.45, 7) is 1.22. The summed E-state index contributed by atoms with van der Waals surface area (Å²) in [6, 6.07) is 2.78. The minimum absolute atomic E-state index is 0. The fourth-order valence-electron chi connectivity index (χ4n) is 2.57. The zero-order chi connectivity index (χ0) is 18.1. The number of benzene rings is 1. The second-order valence-electron chi connectivity index (χ2n) is 5.74. The molecule has 0 radical (unpaired) electrons. The van der Waals surface area contributed by atoms with Crippen molar-refractivity contribution in [3.8, 4) is 0 Å². The van der Waals surface area contributed by atoms with Crippen molar-refractivity contribution in [1.29, 1.82) is 0 Å². The van der Waals surface area contributed by atoms with Gasteiger partial charge in [0.15, 0.2) is 15.8 Å². The average Bonchev–Trinajstić information content (AvgIpc) is 2.45. The molecule has 1 saturated heterocycles. The molecule has 0 saturated carbocycles. The Morgan fingerprint density at radius 3 is 2.23 bits per heavy atom. The highest BCUT2D eigenvalue weighted by Gasteiger charge is 2.25. The predicted octanol–water partition coefficient (Wildman–Crippen LogP) is 0.928. The van der Waals surface area contributed by atoms with Crippen LogP contribution in [0, 0.1) is 0 Å². The number of hydrogen-bond donors (Lipinski definition) is 3. The van der Waals surface area contributed by atoms with E-state index in [1.54, 1.807) is 0 Å². The van der Waals surface area contributed by atoms with E-state index in [-0.39, 0.29) is 46.3 Å². The van der Waals surface area contributed by atoms with E-state index < -0.39 is 21.7 Å². The summed E-state index contributed by atoms with van der Waals surface area (Å²) >= 11 is 6.16. The van der Waals surface area contributed by atoms with Gasteiger partial charge in [0.05, 0.1) is 21.2 Å². The summed E-state index contributed by atoms with van der Waals surface area (Å²) in [5.41, 5.74) is 16.7. The molecule has 1 aliphatic rings. The molecule has 148 valence electrons. The number of carbonyl (C=O) groups is 1. The van der Waals surface area contributed by atoms with Gasteiger partial charge in [0.2, 0.25) is 0 Å². The number of nitrogens with two attached hydrogens (primary N) is 3. The number of piperidine rings is 1. The molecule has 0 atom stereocenters. The number of anilines is 1. The maximum Gasteiger partial charge on any atom is 0.281 e. The molecule has 0 bridgehead atoms. The smallest absolute Gasteiger partial charge is 0.281 e. The van der Waals surface area contributed by atoms with E-state index in [1.807, 2.05) is 4.90 Å². The molecular weight excluding hydrogens is 425 g/mol. The summed E-state index contributed by atoms with van der Waals surface area (Å²) in [4.78, 5) is 17.4. The van der Waals surface area contributed by atoms with Gasteiger partial charge >= 0.3 is 0 Å². The Morgan fingerprint density at radius 1 is 1.23 bits per heavy atom. The zero-order valence-corrected chi connectivity index (χ0v) is 17.2. The van der Waals surface area contributed by atoms with Gasteiger partial charge in [-0.05, 0) is 25.0 Å². The predicted molar refractivity (Wildman–Crippen MR) is 109 cm³/mol. The summed E-state index contributed by atoms with van der Waals surface area (Å²) in [5.74, 6) is -1.22. The van der Waals surface area contributed by atoms with Crippen molar-refractivity contribution in [1.82, 2.24) is 0 Å². The van der Waals surface area contributed by atoms with Crippen molar-refractivity contribution >= 4 is 63.8 Å². The second kappa shape index (κ2) is 9.61. The number of nitrogens with zero attached hydrogens (tertiary/aromatic N) is 2. The van der Waals surface area contributed by atoms with Crippen molar-refractivity contribution in [2.45, 2.75) is 23.8 Å². The highest BCUT2D eigenvalue weighted by atomic mass is 35.5. The summed E-state index contributed by atoms with van der Waals surface area (Å²) in [5, 5.41) is 0.0854. The van der Waals surface area contributed by atoms with Crippen LogP contribution in [0.25, 0.3) is 0 Å². The molecule has 1 aromatic rings. The van der Waals surface area contributed by atoms with E-state index in [0.29, 0.717) is 18.8 Å². The van der Waals surface area contributed by atoms with Crippen LogP contribution in [0.3, 0.4) is 0 Å². The van der Waals surface area contributed by atoms with Gasteiger partial charge in [-0.2, -0.15) is 4.99 Å². The molecule has 0 aromatic heterocycles. The van der Waals surface area contributed by atoms with Gasteiger partial charge in [-0.25, -0.2) is 8.42 Å².